The molecule has 8 heteroatoms. The van der Waals surface area contributed by atoms with Crippen molar-refractivity contribution in [3.63, 3.8) is 0 Å². The van der Waals surface area contributed by atoms with Crippen molar-refractivity contribution in [2.24, 2.45) is 5.10 Å². The molecule has 0 saturated carbocycles. The van der Waals surface area contributed by atoms with Gasteiger partial charge < -0.3 is 5.11 Å². The first kappa shape index (κ1) is 25.8. The average Bonchev–Trinajstić information content (AvgIpc) is 3.52. The zero-order valence-corrected chi connectivity index (χ0v) is 19.8. The molecule has 33 heavy (non-hydrogen) atoms. The summed E-state index contributed by atoms with van der Waals surface area (Å²) in [6.45, 7) is 1.89. The van der Waals surface area contributed by atoms with Crippen molar-refractivity contribution >= 4 is 21.9 Å². The number of allylic oxidation sites excluding steroid dienone is 5. The second-order valence-electron chi connectivity index (χ2n) is 6.86. The number of aliphatic hydroxyl groups excluding tert-OH is 1. The van der Waals surface area contributed by atoms with E-state index in [-0.39, 0.29) is 27.8 Å². The van der Waals surface area contributed by atoms with Crippen molar-refractivity contribution in [1.29, 1.82) is 0 Å². The van der Waals surface area contributed by atoms with E-state index in [1.165, 1.54) is 6.21 Å². The van der Waals surface area contributed by atoms with Gasteiger partial charge in [-0.15, -0.1) is 0 Å². The predicted octanol–water partition coefficient (Wildman–Crippen LogP) is 5.02. The minimum Gasteiger partial charge on any atom is -0.493 e. The van der Waals surface area contributed by atoms with Gasteiger partial charge in [0, 0.05) is 28.2 Å². The van der Waals surface area contributed by atoms with Gasteiger partial charge in [-0.1, -0.05) is 48.0 Å². The zero-order chi connectivity index (χ0) is 22.8. The Kier molecular flexibility index (Phi) is 9.82. The van der Waals surface area contributed by atoms with Gasteiger partial charge in [0.2, 0.25) is 5.88 Å². The van der Waals surface area contributed by atoms with Crippen LogP contribution in [-0.4, -0.2) is 19.7 Å². The van der Waals surface area contributed by atoms with Crippen LogP contribution in [0.15, 0.2) is 125 Å². The van der Waals surface area contributed by atoms with Gasteiger partial charge in [0.25, 0.3) is 10.0 Å². The molecule has 0 fully saturated rings. The summed E-state index contributed by atoms with van der Waals surface area (Å²) in [4.78, 5) is 0.181. The summed E-state index contributed by atoms with van der Waals surface area (Å²) in [5.74, 6) is -0.0889. The number of rotatable bonds is 6. The molecular formula is C25H24FeN3O3S-. The normalized spacial score (nSPS) is 12.1. The Hall–Kier alpha value is -3.45. The molecule has 0 spiro atoms. The third kappa shape index (κ3) is 7.88. The standard InChI is InChI=1S/C20H19N3O3S.C5H5.Fe/c1-15-10-12-18(13-11-15)27(25,26)23-19-9-5-4-8-17(19)14-21-22-20(24)16-6-2-3-7-16;1-2-4-5-3-1;/h2-14,22-24H,1H3;1-5H;/q;-1;. The van der Waals surface area contributed by atoms with Crippen LogP contribution in [0.4, 0.5) is 5.69 Å². The van der Waals surface area contributed by atoms with Crippen molar-refractivity contribution in [3.8, 4) is 0 Å². The van der Waals surface area contributed by atoms with Gasteiger partial charge >= 0.3 is 0 Å². The number of hydrogen-bond donors (Lipinski definition) is 3. The van der Waals surface area contributed by atoms with Gasteiger partial charge in [-0.3, -0.25) is 4.72 Å². The van der Waals surface area contributed by atoms with Crippen LogP contribution in [0, 0.1) is 6.92 Å². The fourth-order valence-electron chi connectivity index (χ4n) is 2.70. The van der Waals surface area contributed by atoms with Gasteiger partial charge in [0.05, 0.1) is 16.8 Å². The molecule has 0 heterocycles. The second kappa shape index (κ2) is 12.6. The van der Waals surface area contributed by atoms with Crippen molar-refractivity contribution < 1.29 is 30.6 Å². The van der Waals surface area contributed by atoms with Gasteiger partial charge in [-0.25, -0.2) is 26.0 Å². The fourth-order valence-corrected chi connectivity index (χ4v) is 3.79. The Labute approximate surface area is 205 Å². The molecule has 0 bridgehead atoms. The fraction of sp³-hybridized carbons (Fsp3) is 0.0400. The largest absolute Gasteiger partial charge is 0.493 e. The maximum Gasteiger partial charge on any atom is 0.261 e. The van der Waals surface area contributed by atoms with Crippen LogP contribution in [-0.2, 0) is 27.1 Å². The molecule has 3 aromatic rings. The number of para-hydroxylation sites is 1. The van der Waals surface area contributed by atoms with E-state index in [4.69, 9.17) is 0 Å². The van der Waals surface area contributed by atoms with E-state index in [9.17, 15) is 13.5 Å². The van der Waals surface area contributed by atoms with E-state index >= 15 is 0 Å². The quantitative estimate of drug-likeness (QED) is 0.145. The number of anilines is 1. The molecule has 0 aliphatic heterocycles. The summed E-state index contributed by atoms with van der Waals surface area (Å²) < 4.78 is 27.7. The number of nitrogens with zero attached hydrogens (tertiary/aromatic N) is 1. The maximum absolute atomic E-state index is 12.6. The van der Waals surface area contributed by atoms with Gasteiger partial charge in [-0.05, 0) is 37.3 Å². The summed E-state index contributed by atoms with van der Waals surface area (Å²) in [7, 11) is -3.72. The summed E-state index contributed by atoms with van der Waals surface area (Å²) in [5.41, 5.74) is 5.05. The Morgan fingerprint density at radius 3 is 2.21 bits per heavy atom. The van der Waals surface area contributed by atoms with Crippen molar-refractivity contribution in [2.45, 2.75) is 11.8 Å². The molecule has 0 radical (unpaired) electrons. The molecule has 0 saturated heterocycles. The van der Waals surface area contributed by atoms with Crippen LogP contribution in [0.1, 0.15) is 11.1 Å². The van der Waals surface area contributed by atoms with E-state index < -0.39 is 10.0 Å². The third-order valence-electron chi connectivity index (χ3n) is 4.40. The molecule has 0 aromatic heterocycles. The first-order valence-electron chi connectivity index (χ1n) is 9.88. The number of aryl methyl sites for hydroxylation is 1. The first-order chi connectivity index (χ1) is 15.5. The molecular weight excluding hydrogens is 478 g/mol. The third-order valence-corrected chi connectivity index (χ3v) is 5.78. The van der Waals surface area contributed by atoms with E-state index in [0.29, 0.717) is 16.8 Å². The molecule has 4 rings (SSSR count). The van der Waals surface area contributed by atoms with Crippen LogP contribution in [0.25, 0.3) is 0 Å². The number of hydrazone groups is 1. The Morgan fingerprint density at radius 1 is 0.970 bits per heavy atom. The monoisotopic (exact) mass is 502 g/mol. The number of nitrogens with one attached hydrogen (secondary N) is 2. The summed E-state index contributed by atoms with van der Waals surface area (Å²) in [6, 6.07) is 23.5. The smallest absolute Gasteiger partial charge is 0.261 e. The van der Waals surface area contributed by atoms with Gasteiger partial charge in [0.15, 0.2) is 0 Å². The molecule has 172 valence electrons. The molecule has 1 aliphatic carbocycles. The second-order valence-corrected chi connectivity index (χ2v) is 8.54. The first-order valence-corrected chi connectivity index (χ1v) is 11.4. The van der Waals surface area contributed by atoms with Crippen molar-refractivity contribution in [3.05, 3.63) is 126 Å². The van der Waals surface area contributed by atoms with Crippen LogP contribution >= 0.6 is 0 Å². The molecule has 1 aliphatic rings. The van der Waals surface area contributed by atoms with Crippen LogP contribution < -0.4 is 10.1 Å². The molecule has 6 nitrogen and oxygen atoms in total. The molecule has 0 unspecified atom stereocenters. The summed E-state index contributed by atoms with van der Waals surface area (Å²) in [6.07, 6.45) is 8.51. The van der Waals surface area contributed by atoms with E-state index in [1.807, 2.05) is 37.3 Å². The number of hydrogen-bond acceptors (Lipinski definition) is 5. The Balaban J connectivity index is 0.000000568. The van der Waals surface area contributed by atoms with E-state index in [1.54, 1.807) is 72.8 Å². The van der Waals surface area contributed by atoms with Gasteiger partial charge in [0.1, 0.15) is 0 Å². The Bertz CT molecular complexity index is 1210. The number of aliphatic hydroxyl groups is 1. The van der Waals surface area contributed by atoms with Crippen molar-refractivity contribution in [2.75, 3.05) is 4.72 Å². The van der Waals surface area contributed by atoms with Crippen LogP contribution in [0.3, 0.4) is 0 Å². The Morgan fingerprint density at radius 2 is 1.61 bits per heavy atom. The average molecular weight is 502 g/mol. The topological polar surface area (TPSA) is 90.8 Å². The number of sulfonamides is 1. The SMILES string of the molecule is Cc1ccc(S(=O)(=O)Nc2ccccc2C=NNC(O)=C2C=CC=C2)cc1.[Fe].c1cc[cH-]c1. The van der Waals surface area contributed by atoms with Gasteiger partial charge in [-0.2, -0.15) is 23.3 Å². The molecule has 3 aromatic carbocycles. The predicted molar refractivity (Wildman–Crippen MR) is 129 cm³/mol. The molecule has 3 N–H and O–H groups in total. The summed E-state index contributed by atoms with van der Waals surface area (Å²) >= 11 is 0. The maximum atomic E-state index is 12.6. The van der Waals surface area contributed by atoms with Crippen molar-refractivity contribution in [1.82, 2.24) is 5.43 Å². The van der Waals surface area contributed by atoms with Crippen LogP contribution in [0.2, 0.25) is 0 Å². The van der Waals surface area contributed by atoms with E-state index in [2.05, 4.69) is 15.2 Å². The minimum atomic E-state index is -3.72. The van der Waals surface area contributed by atoms with Crippen LogP contribution in [0.5, 0.6) is 0 Å². The minimum absolute atomic E-state index is 0. The summed E-state index contributed by atoms with van der Waals surface area (Å²) in [5, 5.41) is 13.9. The molecule has 0 atom stereocenters. The van der Waals surface area contributed by atoms with E-state index in [0.717, 1.165) is 5.56 Å². The zero-order valence-electron chi connectivity index (χ0n) is 17.9. The molecule has 0 amide bonds. The number of benzene rings is 2.